The van der Waals surface area contributed by atoms with Gasteiger partial charge in [-0.05, 0) is 29.5 Å². The van der Waals surface area contributed by atoms with Crippen LogP contribution in [0.15, 0.2) is 18.2 Å². The summed E-state index contributed by atoms with van der Waals surface area (Å²) >= 11 is -2.41. The number of hydrogen-bond acceptors (Lipinski definition) is 2. The molecule has 8 heteroatoms. The first-order valence-corrected chi connectivity index (χ1v) is 8.96. The molecule has 0 bridgehead atoms. The molecule has 2 rings (SSSR count). The fourth-order valence-corrected chi connectivity index (χ4v) is 3.81. The van der Waals surface area contributed by atoms with E-state index in [2.05, 4.69) is 0 Å². The average molecular weight is 364 g/mol. The Kier molecular flexibility index (Phi) is 6.03. The van der Waals surface area contributed by atoms with Gasteiger partial charge in [0.2, 0.25) is 0 Å². The second kappa shape index (κ2) is 7.65. The number of rotatable bonds is 6. The van der Waals surface area contributed by atoms with Gasteiger partial charge in [-0.3, -0.25) is 4.79 Å². The fourth-order valence-electron chi connectivity index (χ4n) is 3.29. The second-order valence-electron chi connectivity index (χ2n) is 6.16. The Morgan fingerprint density at radius 1 is 1.29 bits per heavy atom. The minimum atomic E-state index is -4.71. The summed E-state index contributed by atoms with van der Waals surface area (Å²) in [6, 6.07) is 3.25. The molecule has 0 radical (unpaired) electrons. The second-order valence-corrected chi connectivity index (χ2v) is 7.09. The lowest BCUT2D eigenvalue weighted by atomic mass is 9.86. The molecule has 24 heavy (non-hydrogen) atoms. The lowest BCUT2D eigenvalue weighted by molar-refractivity contribution is -0.140. The predicted molar refractivity (Wildman–Crippen MR) is 82.9 cm³/mol. The van der Waals surface area contributed by atoms with E-state index in [1.807, 2.05) is 0 Å². The van der Waals surface area contributed by atoms with Crippen LogP contribution in [0.2, 0.25) is 0 Å². The molecule has 0 aromatic heterocycles. The van der Waals surface area contributed by atoms with E-state index < -0.39 is 40.5 Å². The highest BCUT2D eigenvalue weighted by Crippen LogP contribution is 2.38. The van der Waals surface area contributed by atoms with Crippen LogP contribution in [0.3, 0.4) is 0 Å². The number of carbonyl (C=O) groups is 1. The summed E-state index contributed by atoms with van der Waals surface area (Å²) in [6.07, 6.45) is -0.549. The van der Waals surface area contributed by atoms with E-state index in [1.165, 1.54) is 6.07 Å². The zero-order valence-electron chi connectivity index (χ0n) is 12.9. The van der Waals surface area contributed by atoms with Crippen molar-refractivity contribution in [3.05, 3.63) is 34.9 Å². The van der Waals surface area contributed by atoms with Gasteiger partial charge in [0, 0.05) is 0 Å². The minimum Gasteiger partial charge on any atom is -0.481 e. The van der Waals surface area contributed by atoms with Gasteiger partial charge in [0.25, 0.3) is 0 Å². The fraction of sp³-hybridized carbons (Fsp3) is 0.562. The van der Waals surface area contributed by atoms with Crippen molar-refractivity contribution >= 4 is 17.0 Å². The molecule has 2 atom stereocenters. The van der Waals surface area contributed by atoms with Gasteiger partial charge < -0.3 is 9.66 Å². The summed E-state index contributed by atoms with van der Waals surface area (Å²) in [7, 11) is 0. The molecule has 1 aliphatic rings. The Balaban J connectivity index is 2.36. The number of benzene rings is 1. The maximum Gasteiger partial charge on any atom is 0.416 e. The Hall–Kier alpha value is -1.41. The molecule has 0 aliphatic heterocycles. The highest BCUT2D eigenvalue weighted by Gasteiger charge is 2.35. The molecule has 1 aromatic carbocycles. The van der Waals surface area contributed by atoms with Gasteiger partial charge in [-0.25, -0.2) is 4.21 Å². The molecule has 1 saturated carbocycles. The number of alkyl halides is 3. The van der Waals surface area contributed by atoms with E-state index >= 15 is 0 Å². The van der Waals surface area contributed by atoms with Crippen LogP contribution < -0.4 is 0 Å². The largest absolute Gasteiger partial charge is 0.481 e. The van der Waals surface area contributed by atoms with Crippen LogP contribution in [0, 0.1) is 5.92 Å². The van der Waals surface area contributed by atoms with Crippen molar-refractivity contribution in [1.82, 2.24) is 0 Å². The van der Waals surface area contributed by atoms with E-state index in [0.29, 0.717) is 6.42 Å². The van der Waals surface area contributed by atoms with Gasteiger partial charge in [0.1, 0.15) is 0 Å². The molecular weight excluding hydrogens is 345 g/mol. The van der Waals surface area contributed by atoms with Crippen LogP contribution in [-0.2, 0) is 27.8 Å². The summed E-state index contributed by atoms with van der Waals surface area (Å²) < 4.78 is 59.4. The number of aliphatic carboxylic acids is 1. The Labute approximate surface area is 140 Å². The molecule has 0 heterocycles. The number of carboxylic acid groups (broad SMARTS) is 1. The van der Waals surface area contributed by atoms with Crippen LogP contribution in [0.25, 0.3) is 0 Å². The van der Waals surface area contributed by atoms with Gasteiger partial charge >= 0.3 is 12.1 Å². The maximum atomic E-state index is 13.2. The molecule has 1 aliphatic carbocycles. The molecule has 0 saturated heterocycles. The average Bonchev–Trinajstić information content (AvgIpc) is 2.96. The molecule has 1 fully saturated rings. The Morgan fingerprint density at radius 3 is 2.42 bits per heavy atom. The van der Waals surface area contributed by atoms with E-state index in [4.69, 9.17) is 4.55 Å². The van der Waals surface area contributed by atoms with Crippen LogP contribution in [-0.4, -0.2) is 19.8 Å². The van der Waals surface area contributed by atoms with Crippen molar-refractivity contribution in [3.63, 3.8) is 0 Å². The third-order valence-electron chi connectivity index (χ3n) is 4.46. The third kappa shape index (κ3) is 4.80. The molecule has 4 nitrogen and oxygen atoms in total. The highest BCUT2D eigenvalue weighted by atomic mass is 32.2. The van der Waals surface area contributed by atoms with Crippen molar-refractivity contribution in [1.29, 1.82) is 0 Å². The predicted octanol–water partition coefficient (Wildman–Crippen LogP) is 4.18. The Morgan fingerprint density at radius 2 is 1.92 bits per heavy atom. The van der Waals surface area contributed by atoms with Crippen molar-refractivity contribution in [2.45, 2.75) is 50.0 Å². The van der Waals surface area contributed by atoms with E-state index in [1.54, 1.807) is 0 Å². The van der Waals surface area contributed by atoms with E-state index in [0.717, 1.165) is 37.8 Å². The molecular formula is C16H19F3O4S. The SMILES string of the molecule is O=C(O)C(CC1CCCC1)c1ccc(CS(=O)O)c(C(F)(F)F)c1. The number of hydrogen-bond donors (Lipinski definition) is 2. The standard InChI is InChI=1S/C16H19F3O4S/c17-16(18,19)14-8-11(5-6-12(14)9-24(22)23)13(15(20)21)7-10-3-1-2-4-10/h5-6,8,10,13H,1-4,7,9H2,(H,20,21)(H,22,23). The molecule has 2 unspecified atom stereocenters. The lowest BCUT2D eigenvalue weighted by Gasteiger charge is -2.20. The monoisotopic (exact) mass is 364 g/mol. The van der Waals surface area contributed by atoms with E-state index in [-0.39, 0.29) is 17.0 Å². The van der Waals surface area contributed by atoms with Crippen LogP contribution >= 0.6 is 0 Å². The van der Waals surface area contributed by atoms with Gasteiger partial charge in [0.15, 0.2) is 11.1 Å². The summed E-state index contributed by atoms with van der Waals surface area (Å²) in [4.78, 5) is 11.5. The molecule has 0 amide bonds. The van der Waals surface area contributed by atoms with Gasteiger partial charge in [0.05, 0.1) is 17.2 Å². The summed E-state index contributed by atoms with van der Waals surface area (Å²) in [5.74, 6) is -2.57. The van der Waals surface area contributed by atoms with Crippen molar-refractivity contribution in [3.8, 4) is 0 Å². The first-order valence-electron chi connectivity index (χ1n) is 7.68. The van der Waals surface area contributed by atoms with Crippen molar-refractivity contribution in [2.75, 3.05) is 0 Å². The van der Waals surface area contributed by atoms with Crippen LogP contribution in [0.1, 0.15) is 54.7 Å². The zero-order chi connectivity index (χ0) is 17.9. The summed E-state index contributed by atoms with van der Waals surface area (Å²) in [5.41, 5.74) is -1.26. The van der Waals surface area contributed by atoms with Crippen molar-refractivity contribution < 1.29 is 31.8 Å². The smallest absolute Gasteiger partial charge is 0.416 e. The zero-order valence-corrected chi connectivity index (χ0v) is 13.7. The minimum absolute atomic E-state index is 0.0918. The lowest BCUT2D eigenvalue weighted by Crippen LogP contribution is -2.17. The van der Waals surface area contributed by atoms with Crippen LogP contribution in [0.5, 0.6) is 0 Å². The van der Waals surface area contributed by atoms with Gasteiger partial charge in [-0.2, -0.15) is 13.2 Å². The molecule has 0 spiro atoms. The summed E-state index contributed by atoms with van der Waals surface area (Å²) in [5, 5.41) is 9.43. The quantitative estimate of drug-likeness (QED) is 0.743. The van der Waals surface area contributed by atoms with Crippen molar-refractivity contribution in [2.24, 2.45) is 5.92 Å². The Bertz CT molecular complexity index is 624. The number of halogens is 3. The third-order valence-corrected chi connectivity index (χ3v) is 5.02. The molecule has 134 valence electrons. The normalized spacial score (nSPS) is 18.5. The molecule has 2 N–H and O–H groups in total. The number of carboxylic acids is 1. The topological polar surface area (TPSA) is 74.6 Å². The first kappa shape index (κ1) is 18.9. The maximum absolute atomic E-state index is 13.2. The highest BCUT2D eigenvalue weighted by molar-refractivity contribution is 7.78. The van der Waals surface area contributed by atoms with Gasteiger partial charge in [-0.15, -0.1) is 0 Å². The first-order chi connectivity index (χ1) is 11.2. The molecule has 1 aromatic rings. The van der Waals surface area contributed by atoms with Crippen LogP contribution in [0.4, 0.5) is 13.2 Å². The van der Waals surface area contributed by atoms with Gasteiger partial charge in [-0.1, -0.05) is 37.8 Å². The van der Waals surface area contributed by atoms with E-state index in [9.17, 15) is 27.3 Å². The summed E-state index contributed by atoms with van der Waals surface area (Å²) in [6.45, 7) is 0.